The van der Waals surface area contributed by atoms with E-state index in [0.717, 1.165) is 12.8 Å². The average Bonchev–Trinajstić information content (AvgIpc) is 2.70. The van der Waals surface area contributed by atoms with Crippen molar-refractivity contribution in [3.8, 4) is 17.2 Å². The third-order valence-corrected chi connectivity index (χ3v) is 5.12. The predicted molar refractivity (Wildman–Crippen MR) is 105 cm³/mol. The van der Waals surface area contributed by atoms with E-state index in [0.29, 0.717) is 42.5 Å². The fourth-order valence-electron chi connectivity index (χ4n) is 3.59. The summed E-state index contributed by atoms with van der Waals surface area (Å²) in [5, 5.41) is 10.3. The van der Waals surface area contributed by atoms with Crippen LogP contribution in [0.15, 0.2) is 18.2 Å². The monoisotopic (exact) mass is 379 g/mol. The van der Waals surface area contributed by atoms with Crippen LogP contribution in [0.1, 0.15) is 38.5 Å². The van der Waals surface area contributed by atoms with Crippen molar-refractivity contribution in [1.29, 1.82) is 0 Å². The zero-order valence-corrected chi connectivity index (χ0v) is 16.8. The molecule has 1 atom stereocenters. The number of para-hydroxylation sites is 1. The third kappa shape index (κ3) is 6.70. The molecule has 1 aliphatic rings. The highest BCUT2D eigenvalue weighted by Gasteiger charge is 2.21. The van der Waals surface area contributed by atoms with Crippen molar-refractivity contribution >= 4 is 5.78 Å². The van der Waals surface area contributed by atoms with Gasteiger partial charge in [0.05, 0.1) is 14.2 Å². The summed E-state index contributed by atoms with van der Waals surface area (Å²) in [6.07, 6.45) is 5.59. The molecule has 6 heteroatoms. The van der Waals surface area contributed by atoms with Gasteiger partial charge in [0.2, 0.25) is 5.75 Å². The number of methoxy groups -OCH3 is 2. The van der Waals surface area contributed by atoms with Crippen LogP contribution in [0, 0.1) is 5.92 Å². The molecular weight excluding hydrogens is 346 g/mol. The van der Waals surface area contributed by atoms with E-state index in [9.17, 15) is 9.90 Å². The molecule has 1 aromatic rings. The molecule has 1 aliphatic carbocycles. The minimum Gasteiger partial charge on any atom is -0.493 e. The Labute approximate surface area is 162 Å². The summed E-state index contributed by atoms with van der Waals surface area (Å²) in [6, 6.07) is 5.38. The SMILES string of the molecule is COc1cccc(OCC(O)CN(C)CCC(=O)C2CCCCC2)c1OC. The molecule has 1 aromatic carbocycles. The zero-order valence-electron chi connectivity index (χ0n) is 16.8. The van der Waals surface area contributed by atoms with E-state index in [2.05, 4.69) is 0 Å². The van der Waals surface area contributed by atoms with Crippen molar-refractivity contribution in [1.82, 2.24) is 4.90 Å². The zero-order chi connectivity index (χ0) is 19.6. The molecule has 0 aromatic heterocycles. The summed E-state index contributed by atoms with van der Waals surface area (Å²) < 4.78 is 16.3. The summed E-state index contributed by atoms with van der Waals surface area (Å²) in [5.74, 6) is 2.25. The van der Waals surface area contributed by atoms with Gasteiger partial charge in [-0.3, -0.25) is 4.79 Å². The fraction of sp³-hybridized carbons (Fsp3) is 0.667. The fourth-order valence-corrected chi connectivity index (χ4v) is 3.59. The number of Topliss-reactive ketones (excluding diaryl/α,β-unsaturated/α-hetero) is 1. The maximum absolute atomic E-state index is 12.3. The molecule has 152 valence electrons. The van der Waals surface area contributed by atoms with Crippen LogP contribution in [-0.4, -0.2) is 62.9 Å². The molecule has 1 fully saturated rings. The lowest BCUT2D eigenvalue weighted by molar-refractivity contribution is -0.124. The van der Waals surface area contributed by atoms with E-state index in [4.69, 9.17) is 14.2 Å². The highest BCUT2D eigenvalue weighted by atomic mass is 16.5. The second-order valence-electron chi connectivity index (χ2n) is 7.27. The lowest BCUT2D eigenvalue weighted by Gasteiger charge is -2.23. The first kappa shape index (κ1) is 21.5. The van der Waals surface area contributed by atoms with Gasteiger partial charge in [-0.2, -0.15) is 0 Å². The molecule has 0 spiro atoms. The van der Waals surface area contributed by atoms with Crippen molar-refractivity contribution in [2.45, 2.75) is 44.6 Å². The van der Waals surface area contributed by atoms with Crippen molar-refractivity contribution in [3.63, 3.8) is 0 Å². The van der Waals surface area contributed by atoms with Crippen LogP contribution >= 0.6 is 0 Å². The summed E-state index contributed by atoms with van der Waals surface area (Å²) in [4.78, 5) is 14.3. The van der Waals surface area contributed by atoms with Gasteiger partial charge in [0, 0.05) is 25.4 Å². The number of hydrogen-bond donors (Lipinski definition) is 1. The molecule has 0 bridgehead atoms. The predicted octanol–water partition coefficient (Wildman–Crippen LogP) is 2.91. The number of likely N-dealkylation sites (N-methyl/N-ethyl adjacent to an activating group) is 1. The Bertz CT molecular complexity index is 586. The second kappa shape index (κ2) is 11.1. The number of carbonyl (C=O) groups is 1. The van der Waals surface area contributed by atoms with Gasteiger partial charge in [-0.1, -0.05) is 25.3 Å². The van der Waals surface area contributed by atoms with Gasteiger partial charge in [-0.25, -0.2) is 0 Å². The maximum Gasteiger partial charge on any atom is 0.203 e. The molecule has 0 aliphatic heterocycles. The number of aliphatic hydroxyl groups excluding tert-OH is 1. The highest BCUT2D eigenvalue weighted by molar-refractivity contribution is 5.81. The van der Waals surface area contributed by atoms with Gasteiger partial charge < -0.3 is 24.2 Å². The van der Waals surface area contributed by atoms with Crippen LogP contribution in [-0.2, 0) is 4.79 Å². The van der Waals surface area contributed by atoms with Gasteiger partial charge in [0.1, 0.15) is 18.5 Å². The maximum atomic E-state index is 12.3. The van der Waals surface area contributed by atoms with E-state index in [1.165, 1.54) is 19.3 Å². The Morgan fingerprint density at radius 2 is 1.89 bits per heavy atom. The Morgan fingerprint density at radius 1 is 1.19 bits per heavy atom. The molecule has 1 N–H and O–H groups in total. The van der Waals surface area contributed by atoms with Gasteiger partial charge in [0.15, 0.2) is 11.5 Å². The Hall–Kier alpha value is -1.79. The molecule has 1 unspecified atom stereocenters. The van der Waals surface area contributed by atoms with Gasteiger partial charge in [-0.05, 0) is 32.0 Å². The van der Waals surface area contributed by atoms with E-state index in [-0.39, 0.29) is 12.5 Å². The smallest absolute Gasteiger partial charge is 0.203 e. The van der Waals surface area contributed by atoms with E-state index in [1.807, 2.05) is 18.0 Å². The summed E-state index contributed by atoms with van der Waals surface area (Å²) in [5.41, 5.74) is 0. The lowest BCUT2D eigenvalue weighted by atomic mass is 9.85. The van der Waals surface area contributed by atoms with Crippen LogP contribution in [0.25, 0.3) is 0 Å². The normalized spacial score (nSPS) is 16.2. The first-order valence-corrected chi connectivity index (χ1v) is 9.78. The lowest BCUT2D eigenvalue weighted by Crippen LogP contribution is -2.35. The minimum absolute atomic E-state index is 0.143. The molecule has 27 heavy (non-hydrogen) atoms. The topological polar surface area (TPSA) is 68.2 Å². The molecule has 1 saturated carbocycles. The average molecular weight is 379 g/mol. The molecule has 0 amide bonds. The van der Waals surface area contributed by atoms with Crippen molar-refractivity contribution in [2.24, 2.45) is 5.92 Å². The third-order valence-electron chi connectivity index (χ3n) is 5.12. The van der Waals surface area contributed by atoms with E-state index in [1.54, 1.807) is 26.4 Å². The van der Waals surface area contributed by atoms with Crippen molar-refractivity contribution in [3.05, 3.63) is 18.2 Å². The number of benzene rings is 1. The number of rotatable bonds is 11. The quantitative estimate of drug-likeness (QED) is 0.638. The van der Waals surface area contributed by atoms with Gasteiger partial charge >= 0.3 is 0 Å². The van der Waals surface area contributed by atoms with Crippen LogP contribution in [0.5, 0.6) is 17.2 Å². The first-order valence-electron chi connectivity index (χ1n) is 9.78. The molecule has 0 heterocycles. The number of carbonyl (C=O) groups excluding carboxylic acids is 1. The van der Waals surface area contributed by atoms with E-state index < -0.39 is 6.10 Å². The van der Waals surface area contributed by atoms with Gasteiger partial charge in [-0.15, -0.1) is 0 Å². The number of ketones is 1. The number of nitrogens with zero attached hydrogens (tertiary/aromatic N) is 1. The van der Waals surface area contributed by atoms with Crippen LogP contribution in [0.2, 0.25) is 0 Å². The van der Waals surface area contributed by atoms with Crippen LogP contribution in [0.3, 0.4) is 0 Å². The standard InChI is InChI=1S/C21H33NO5/c1-22(13-12-18(24)16-8-5-4-6-9-16)14-17(23)15-27-20-11-7-10-19(25-2)21(20)26-3/h7,10-11,16-17,23H,4-6,8-9,12-15H2,1-3H3. The number of hydrogen-bond acceptors (Lipinski definition) is 6. The molecule has 0 saturated heterocycles. The largest absolute Gasteiger partial charge is 0.493 e. The molecule has 2 rings (SSSR count). The second-order valence-corrected chi connectivity index (χ2v) is 7.27. The van der Waals surface area contributed by atoms with Crippen molar-refractivity contribution in [2.75, 3.05) is 41.0 Å². The number of aliphatic hydroxyl groups is 1. The Balaban J connectivity index is 1.73. The summed E-state index contributed by atoms with van der Waals surface area (Å²) >= 11 is 0. The van der Waals surface area contributed by atoms with Gasteiger partial charge in [0.25, 0.3) is 0 Å². The Kier molecular flexibility index (Phi) is 8.88. The number of ether oxygens (including phenoxy) is 3. The minimum atomic E-state index is -0.657. The Morgan fingerprint density at radius 3 is 2.56 bits per heavy atom. The summed E-state index contributed by atoms with van der Waals surface area (Å²) in [6.45, 7) is 1.25. The molecular formula is C21H33NO5. The van der Waals surface area contributed by atoms with Crippen molar-refractivity contribution < 1.29 is 24.1 Å². The van der Waals surface area contributed by atoms with E-state index >= 15 is 0 Å². The molecule has 6 nitrogen and oxygen atoms in total. The first-order chi connectivity index (χ1) is 13.0. The highest BCUT2D eigenvalue weighted by Crippen LogP contribution is 2.36. The summed E-state index contributed by atoms with van der Waals surface area (Å²) in [7, 11) is 5.04. The molecule has 0 radical (unpaired) electrons. The van der Waals surface area contributed by atoms with Crippen LogP contribution in [0.4, 0.5) is 0 Å². The van der Waals surface area contributed by atoms with Crippen LogP contribution < -0.4 is 14.2 Å².